The molecule has 4 rings (SSSR count). The predicted octanol–water partition coefficient (Wildman–Crippen LogP) is 5.54. The first-order chi connectivity index (χ1) is 17.5. The minimum atomic E-state index is -1.58. The topological polar surface area (TPSA) is 83.3 Å². The Balaban J connectivity index is 1.71. The molecular formula is C24H22Cl2F3N3O4S. The fourth-order valence-corrected chi connectivity index (χ4v) is 7.63. The number of carbonyl (C=O) groups is 2. The quantitative estimate of drug-likeness (QED) is 0.236. The van der Waals surface area contributed by atoms with E-state index >= 15 is 0 Å². The third kappa shape index (κ3) is 6.05. The molecular weight excluding hydrogens is 554 g/mol. The molecule has 1 fully saturated rings. The molecule has 1 aliphatic heterocycles. The van der Waals surface area contributed by atoms with Gasteiger partial charge in [0.1, 0.15) is 18.4 Å². The molecule has 1 aliphatic rings. The Bertz CT molecular complexity index is 1320. The maximum Gasteiger partial charge on any atom is 0.303 e. The van der Waals surface area contributed by atoms with Crippen LogP contribution in [-0.4, -0.2) is 50.6 Å². The average Bonchev–Trinajstić information content (AvgIpc) is 3.32. The molecule has 198 valence electrons. The molecule has 3 aromatic rings. The van der Waals surface area contributed by atoms with Gasteiger partial charge in [-0.25, -0.2) is 28.7 Å². The van der Waals surface area contributed by atoms with Crippen molar-refractivity contribution in [1.29, 1.82) is 0 Å². The van der Waals surface area contributed by atoms with Gasteiger partial charge in [-0.05, 0) is 47.4 Å². The van der Waals surface area contributed by atoms with Gasteiger partial charge in [0.2, 0.25) is 0 Å². The molecule has 13 heteroatoms. The lowest BCUT2D eigenvalue weighted by atomic mass is 10.0. The molecule has 0 saturated carbocycles. The minimum Gasteiger partial charge on any atom is -0.465 e. The first-order valence-electron chi connectivity index (χ1n) is 11.1. The first kappa shape index (κ1) is 27.3. The van der Waals surface area contributed by atoms with Gasteiger partial charge in [-0.15, -0.1) is 5.10 Å². The highest BCUT2D eigenvalue weighted by molar-refractivity contribution is 8.17. The number of benzene rings is 2. The lowest BCUT2D eigenvalue weighted by Gasteiger charge is -2.44. The van der Waals surface area contributed by atoms with Gasteiger partial charge in [0.25, 0.3) is 0 Å². The van der Waals surface area contributed by atoms with Crippen LogP contribution in [0.2, 0.25) is 10.0 Å². The molecule has 2 heterocycles. The summed E-state index contributed by atoms with van der Waals surface area (Å²) in [7, 11) is -1.03. The van der Waals surface area contributed by atoms with E-state index in [1.54, 1.807) is 12.1 Å². The molecule has 4 atom stereocenters. The number of rotatable bonds is 6. The number of ether oxygens (including phenoxy) is 2. The third-order valence-electron chi connectivity index (χ3n) is 5.95. The second-order valence-corrected chi connectivity index (χ2v) is 11.8. The van der Waals surface area contributed by atoms with Crippen molar-refractivity contribution < 1.29 is 32.2 Å². The summed E-state index contributed by atoms with van der Waals surface area (Å²) >= 11 is 12.3. The average molecular weight is 576 g/mol. The predicted molar refractivity (Wildman–Crippen MR) is 134 cm³/mol. The molecule has 0 bridgehead atoms. The summed E-state index contributed by atoms with van der Waals surface area (Å²) in [6.45, 7) is 2.53. The number of aromatic nitrogens is 3. The van der Waals surface area contributed by atoms with Gasteiger partial charge < -0.3 is 9.47 Å². The lowest BCUT2D eigenvalue weighted by molar-refractivity contribution is -0.151. The Hall–Kier alpha value is -2.76. The summed E-state index contributed by atoms with van der Waals surface area (Å²) in [5, 5.41) is 8.44. The number of halogens is 5. The van der Waals surface area contributed by atoms with E-state index in [0.717, 1.165) is 17.0 Å². The maximum absolute atomic E-state index is 13.8. The molecule has 1 unspecified atom stereocenters. The molecule has 1 aromatic heterocycles. The van der Waals surface area contributed by atoms with E-state index in [4.69, 9.17) is 32.7 Å². The van der Waals surface area contributed by atoms with Crippen molar-refractivity contribution in [2.24, 2.45) is 0 Å². The SMILES string of the molecule is CC(=O)OC[C@@H]1[C@H](OC(C)=O)[C@H](n2cc(-c3cc(F)c(F)c(F)c3)nn2)CC[SH]1c1ccc(Cl)c(Cl)c1. The number of hydrogen-bond acceptors (Lipinski definition) is 6. The van der Waals surface area contributed by atoms with Crippen LogP contribution in [0.25, 0.3) is 11.3 Å². The fourth-order valence-electron chi connectivity index (χ4n) is 4.31. The Morgan fingerprint density at radius 3 is 2.41 bits per heavy atom. The van der Waals surface area contributed by atoms with Crippen molar-refractivity contribution in [1.82, 2.24) is 15.0 Å². The molecule has 2 aromatic carbocycles. The highest BCUT2D eigenvalue weighted by Gasteiger charge is 2.43. The Kier molecular flexibility index (Phi) is 8.35. The number of nitrogens with zero attached hydrogens (tertiary/aromatic N) is 3. The third-order valence-corrected chi connectivity index (χ3v) is 9.61. The Labute approximate surface area is 223 Å². The molecule has 37 heavy (non-hydrogen) atoms. The molecule has 0 radical (unpaired) electrons. The molecule has 0 N–H and O–H groups in total. The van der Waals surface area contributed by atoms with Crippen molar-refractivity contribution in [2.45, 2.75) is 42.6 Å². The van der Waals surface area contributed by atoms with Crippen molar-refractivity contribution in [3.8, 4) is 11.3 Å². The molecule has 0 aliphatic carbocycles. The van der Waals surface area contributed by atoms with Crippen molar-refractivity contribution >= 4 is 46.0 Å². The summed E-state index contributed by atoms with van der Waals surface area (Å²) in [6, 6.07) is 6.41. The van der Waals surface area contributed by atoms with Gasteiger partial charge in [-0.3, -0.25) is 9.59 Å². The zero-order valence-corrected chi connectivity index (χ0v) is 22.0. The summed E-state index contributed by atoms with van der Waals surface area (Å²) in [4.78, 5) is 24.7. The molecule has 7 nitrogen and oxygen atoms in total. The highest BCUT2D eigenvalue weighted by atomic mass is 35.5. The summed E-state index contributed by atoms with van der Waals surface area (Å²) in [5.74, 6) is -4.69. The number of esters is 2. The van der Waals surface area contributed by atoms with Crippen LogP contribution < -0.4 is 0 Å². The molecule has 0 spiro atoms. The summed E-state index contributed by atoms with van der Waals surface area (Å²) < 4.78 is 53.5. The van der Waals surface area contributed by atoms with Crippen LogP contribution in [0.4, 0.5) is 13.2 Å². The van der Waals surface area contributed by atoms with Crippen LogP contribution in [0.5, 0.6) is 0 Å². The van der Waals surface area contributed by atoms with Gasteiger partial charge in [0, 0.05) is 19.4 Å². The van der Waals surface area contributed by atoms with Crippen molar-refractivity contribution in [3.63, 3.8) is 0 Å². The standard InChI is InChI=1S/C24H22Cl2F3N3O4S/c1-12(33)35-11-22-24(36-13(2)34)21(5-6-37(22)15-3-4-16(25)17(26)9-15)32-10-20(30-31-32)14-7-18(27)23(29)19(28)8-14/h3-4,7-10,21-22,24,37H,5-6,11H2,1-2H3/t21-,22-,24-/m1/s1. The number of carbonyl (C=O) groups excluding carboxylic acids is 2. The summed E-state index contributed by atoms with van der Waals surface area (Å²) in [6.07, 6.45) is 1.17. The fraction of sp³-hybridized carbons (Fsp3) is 0.333. The Morgan fingerprint density at radius 2 is 1.78 bits per heavy atom. The first-order valence-corrected chi connectivity index (χ1v) is 13.5. The van der Waals surface area contributed by atoms with Gasteiger partial charge >= 0.3 is 11.9 Å². The number of thiol groups is 1. The van der Waals surface area contributed by atoms with E-state index in [-0.39, 0.29) is 17.9 Å². The smallest absolute Gasteiger partial charge is 0.303 e. The maximum atomic E-state index is 13.8. The van der Waals surface area contributed by atoms with Crippen LogP contribution in [0.3, 0.4) is 0 Å². The lowest BCUT2D eigenvalue weighted by Crippen LogP contribution is -2.45. The van der Waals surface area contributed by atoms with E-state index in [2.05, 4.69) is 10.3 Å². The van der Waals surface area contributed by atoms with Crippen LogP contribution in [0.1, 0.15) is 26.3 Å². The highest BCUT2D eigenvalue weighted by Crippen LogP contribution is 2.51. The Morgan fingerprint density at radius 1 is 1.08 bits per heavy atom. The number of hydrogen-bond donors (Lipinski definition) is 1. The van der Waals surface area contributed by atoms with Gasteiger partial charge in [0.05, 0.1) is 27.5 Å². The molecule has 0 amide bonds. The van der Waals surface area contributed by atoms with Crippen molar-refractivity contribution in [2.75, 3.05) is 12.4 Å². The van der Waals surface area contributed by atoms with Gasteiger partial charge in [0.15, 0.2) is 17.5 Å². The molecule has 1 saturated heterocycles. The largest absolute Gasteiger partial charge is 0.465 e. The second kappa shape index (κ2) is 11.3. The zero-order valence-electron chi connectivity index (χ0n) is 19.6. The minimum absolute atomic E-state index is 0.00276. The van der Waals surface area contributed by atoms with E-state index < -0.39 is 57.7 Å². The van der Waals surface area contributed by atoms with E-state index in [1.165, 1.54) is 24.7 Å². The van der Waals surface area contributed by atoms with E-state index in [1.807, 2.05) is 6.07 Å². The van der Waals surface area contributed by atoms with Gasteiger partial charge in [-0.2, -0.15) is 0 Å². The monoisotopic (exact) mass is 575 g/mol. The normalized spacial score (nSPS) is 22.5. The van der Waals surface area contributed by atoms with Crippen LogP contribution in [0.15, 0.2) is 41.4 Å². The van der Waals surface area contributed by atoms with Crippen LogP contribution in [-0.2, 0) is 19.1 Å². The summed E-state index contributed by atoms with van der Waals surface area (Å²) in [5.41, 5.74) is 0.102. The van der Waals surface area contributed by atoms with Gasteiger partial charge in [-0.1, -0.05) is 28.4 Å². The van der Waals surface area contributed by atoms with Crippen LogP contribution in [0, 0.1) is 17.5 Å². The zero-order chi connectivity index (χ0) is 26.9. The van der Waals surface area contributed by atoms with Crippen molar-refractivity contribution in [3.05, 3.63) is 64.0 Å². The van der Waals surface area contributed by atoms with E-state index in [0.29, 0.717) is 22.2 Å². The van der Waals surface area contributed by atoms with E-state index in [9.17, 15) is 22.8 Å². The van der Waals surface area contributed by atoms with Crippen LogP contribution >= 0.6 is 34.1 Å². The second-order valence-electron chi connectivity index (χ2n) is 8.43.